The predicted molar refractivity (Wildman–Crippen MR) is 87.2 cm³/mol. The third-order valence-electron chi connectivity index (χ3n) is 2.26. The van der Waals surface area contributed by atoms with Gasteiger partial charge in [-0.05, 0) is 68.3 Å². The number of rotatable bonds is 2. The van der Waals surface area contributed by atoms with Crippen molar-refractivity contribution in [2.75, 3.05) is 0 Å². The molecule has 0 aliphatic rings. The van der Waals surface area contributed by atoms with Gasteiger partial charge in [-0.3, -0.25) is 0 Å². The fourth-order valence-electron chi connectivity index (χ4n) is 1.42. The van der Waals surface area contributed by atoms with Gasteiger partial charge in [0, 0.05) is 13.5 Å². The van der Waals surface area contributed by atoms with Crippen molar-refractivity contribution in [1.29, 1.82) is 0 Å². The molecule has 0 spiro atoms. The van der Waals surface area contributed by atoms with Crippen molar-refractivity contribution in [2.24, 2.45) is 5.73 Å². The Labute approximate surface area is 136 Å². The zero-order valence-electron chi connectivity index (χ0n) is 8.38. The molecule has 6 heteroatoms. The average Bonchev–Trinajstić information content (AvgIpc) is 2.62. The van der Waals surface area contributed by atoms with E-state index >= 15 is 0 Å². The van der Waals surface area contributed by atoms with Crippen LogP contribution in [0.5, 0.6) is 0 Å². The molecule has 1 unspecified atom stereocenters. The lowest BCUT2D eigenvalue weighted by molar-refractivity contribution is 0.887. The highest BCUT2D eigenvalue weighted by molar-refractivity contribution is 14.1. The summed E-state index contributed by atoms with van der Waals surface area (Å²) in [5, 5.41) is 1.38. The molecule has 0 saturated heterocycles. The van der Waals surface area contributed by atoms with Crippen LogP contribution in [-0.4, -0.2) is 0 Å². The van der Waals surface area contributed by atoms with E-state index in [0.29, 0.717) is 10.0 Å². The van der Waals surface area contributed by atoms with E-state index in [1.807, 2.05) is 24.3 Å². The molecule has 17 heavy (non-hydrogen) atoms. The molecule has 0 aliphatic carbocycles. The SMILES string of the molecule is NC(c1cc(Cl)c(Br)s1)c1cc(Cl)ccc1I. The lowest BCUT2D eigenvalue weighted by atomic mass is 10.1. The summed E-state index contributed by atoms with van der Waals surface area (Å²) in [5.74, 6) is 0. The number of halogens is 4. The summed E-state index contributed by atoms with van der Waals surface area (Å²) in [6.07, 6.45) is 0. The van der Waals surface area contributed by atoms with Gasteiger partial charge in [-0.2, -0.15) is 0 Å². The maximum absolute atomic E-state index is 6.24. The second kappa shape index (κ2) is 5.75. The van der Waals surface area contributed by atoms with Gasteiger partial charge in [-0.1, -0.05) is 23.2 Å². The molecule has 2 N–H and O–H groups in total. The quantitative estimate of drug-likeness (QED) is 0.588. The van der Waals surface area contributed by atoms with Gasteiger partial charge >= 0.3 is 0 Å². The Bertz CT molecular complexity index is 539. The predicted octanol–water partition coefficient (Wildman–Crippen LogP) is 5.47. The van der Waals surface area contributed by atoms with Crippen molar-refractivity contribution in [2.45, 2.75) is 6.04 Å². The Balaban J connectivity index is 2.42. The monoisotopic (exact) mass is 461 g/mol. The zero-order chi connectivity index (χ0) is 12.6. The van der Waals surface area contributed by atoms with Gasteiger partial charge in [0.2, 0.25) is 0 Å². The molecular formula is C11H7BrCl2INS. The molecule has 0 bridgehead atoms. The van der Waals surface area contributed by atoms with E-state index in [0.717, 1.165) is 17.8 Å². The van der Waals surface area contributed by atoms with E-state index in [1.54, 1.807) is 11.3 Å². The first-order chi connectivity index (χ1) is 7.99. The standard InChI is InChI=1S/C11H7BrCl2INS/c12-11-7(14)4-9(17-11)10(16)6-3-5(13)1-2-8(6)15/h1-4,10H,16H2. The number of thiophene rings is 1. The van der Waals surface area contributed by atoms with Crippen LogP contribution in [-0.2, 0) is 0 Å². The van der Waals surface area contributed by atoms with Gasteiger partial charge in [0.15, 0.2) is 0 Å². The number of hydrogen-bond acceptors (Lipinski definition) is 2. The van der Waals surface area contributed by atoms with Crippen LogP contribution < -0.4 is 5.73 Å². The van der Waals surface area contributed by atoms with E-state index < -0.39 is 0 Å². The lowest BCUT2D eigenvalue weighted by Gasteiger charge is -2.12. The Hall–Kier alpha value is 0.670. The van der Waals surface area contributed by atoms with Crippen LogP contribution in [0.25, 0.3) is 0 Å². The summed E-state index contributed by atoms with van der Waals surface area (Å²) < 4.78 is 2.00. The highest BCUT2D eigenvalue weighted by Crippen LogP contribution is 2.37. The minimum Gasteiger partial charge on any atom is -0.320 e. The first kappa shape index (κ1) is 14.1. The fraction of sp³-hybridized carbons (Fsp3) is 0.0909. The summed E-state index contributed by atoms with van der Waals surface area (Å²) in [6.45, 7) is 0. The maximum Gasteiger partial charge on any atom is 0.0888 e. The molecule has 1 nitrogen and oxygen atoms in total. The van der Waals surface area contributed by atoms with Crippen molar-refractivity contribution in [3.8, 4) is 0 Å². The molecule has 1 atom stereocenters. The van der Waals surface area contributed by atoms with E-state index in [-0.39, 0.29) is 6.04 Å². The summed E-state index contributed by atoms with van der Waals surface area (Å²) >= 11 is 19.2. The van der Waals surface area contributed by atoms with Crippen LogP contribution in [0.3, 0.4) is 0 Å². The molecule has 2 rings (SSSR count). The zero-order valence-corrected chi connectivity index (χ0v) is 14.5. The third-order valence-corrected chi connectivity index (χ3v) is 6.04. The van der Waals surface area contributed by atoms with Gasteiger partial charge < -0.3 is 5.73 Å². The molecule has 0 radical (unpaired) electrons. The largest absolute Gasteiger partial charge is 0.320 e. The van der Waals surface area contributed by atoms with Crippen LogP contribution in [0.1, 0.15) is 16.5 Å². The maximum atomic E-state index is 6.24. The Kier molecular flexibility index (Phi) is 4.77. The van der Waals surface area contributed by atoms with Crippen molar-refractivity contribution < 1.29 is 0 Å². The highest BCUT2D eigenvalue weighted by Gasteiger charge is 2.16. The third kappa shape index (κ3) is 3.16. The van der Waals surface area contributed by atoms with Crippen molar-refractivity contribution in [3.05, 3.63) is 52.1 Å². The summed E-state index contributed by atoms with van der Waals surface area (Å²) in [4.78, 5) is 1.02. The first-order valence-electron chi connectivity index (χ1n) is 4.64. The minimum atomic E-state index is -0.200. The van der Waals surface area contributed by atoms with E-state index in [1.165, 1.54) is 0 Å². The molecule has 0 amide bonds. The van der Waals surface area contributed by atoms with Crippen LogP contribution in [0.2, 0.25) is 10.0 Å². The minimum absolute atomic E-state index is 0.200. The molecule has 1 aromatic carbocycles. The van der Waals surface area contributed by atoms with Gasteiger partial charge in [0.05, 0.1) is 14.9 Å². The van der Waals surface area contributed by atoms with Crippen LogP contribution in [0.4, 0.5) is 0 Å². The van der Waals surface area contributed by atoms with Crippen molar-refractivity contribution >= 4 is 73.1 Å². The lowest BCUT2D eigenvalue weighted by Crippen LogP contribution is -2.11. The molecule has 90 valence electrons. The van der Waals surface area contributed by atoms with Crippen LogP contribution in [0.15, 0.2) is 28.1 Å². The molecule has 2 aromatic rings. The number of nitrogens with two attached hydrogens (primary N) is 1. The number of hydrogen-bond donors (Lipinski definition) is 1. The van der Waals surface area contributed by atoms with E-state index in [2.05, 4.69) is 38.5 Å². The Morgan fingerprint density at radius 2 is 2.00 bits per heavy atom. The molecule has 0 aliphatic heterocycles. The van der Waals surface area contributed by atoms with Crippen LogP contribution >= 0.6 is 73.1 Å². The topological polar surface area (TPSA) is 26.0 Å². The van der Waals surface area contributed by atoms with Gasteiger partial charge in [-0.25, -0.2) is 0 Å². The Morgan fingerprint density at radius 1 is 1.29 bits per heavy atom. The second-order valence-electron chi connectivity index (χ2n) is 3.41. The van der Waals surface area contributed by atoms with Gasteiger partial charge in [-0.15, -0.1) is 11.3 Å². The Morgan fingerprint density at radius 3 is 2.59 bits per heavy atom. The number of benzene rings is 1. The van der Waals surface area contributed by atoms with Crippen LogP contribution in [0, 0.1) is 3.57 Å². The summed E-state index contributed by atoms with van der Waals surface area (Å²) in [7, 11) is 0. The fourth-order valence-corrected chi connectivity index (χ4v) is 4.04. The molecule has 1 aromatic heterocycles. The molecule has 1 heterocycles. The molecule has 0 saturated carbocycles. The van der Waals surface area contributed by atoms with E-state index in [9.17, 15) is 0 Å². The second-order valence-corrected chi connectivity index (χ2v) is 7.82. The molecule has 0 fully saturated rings. The summed E-state index contributed by atoms with van der Waals surface area (Å²) in [5.41, 5.74) is 7.25. The highest BCUT2D eigenvalue weighted by atomic mass is 127. The molecular weight excluding hydrogens is 456 g/mol. The smallest absolute Gasteiger partial charge is 0.0888 e. The first-order valence-corrected chi connectivity index (χ1v) is 8.08. The van der Waals surface area contributed by atoms with Gasteiger partial charge in [0.25, 0.3) is 0 Å². The normalized spacial score (nSPS) is 12.8. The summed E-state index contributed by atoms with van der Waals surface area (Å²) in [6, 6.07) is 7.40. The van der Waals surface area contributed by atoms with Crippen molar-refractivity contribution in [3.63, 3.8) is 0 Å². The van der Waals surface area contributed by atoms with Crippen molar-refractivity contribution in [1.82, 2.24) is 0 Å². The average molecular weight is 463 g/mol. The van der Waals surface area contributed by atoms with E-state index in [4.69, 9.17) is 28.9 Å². The van der Waals surface area contributed by atoms with Gasteiger partial charge in [0.1, 0.15) is 0 Å².